The average Bonchev–Trinajstić information content (AvgIpc) is 2.86. The second-order valence-electron chi connectivity index (χ2n) is 5.02. The number of aryl methyl sites for hydroxylation is 1. The first-order valence-electron chi connectivity index (χ1n) is 6.62. The van der Waals surface area contributed by atoms with Crippen molar-refractivity contribution in [3.05, 3.63) is 52.9 Å². The van der Waals surface area contributed by atoms with E-state index in [1.165, 1.54) is 5.56 Å². The molecule has 2 aromatic rings. The molecule has 0 atom stereocenters. The zero-order valence-electron chi connectivity index (χ0n) is 11.3. The summed E-state index contributed by atoms with van der Waals surface area (Å²) in [6.07, 6.45) is 2.84. The molecule has 0 bridgehead atoms. The average molecular weight is 265 g/mol. The molecule has 0 fully saturated rings. The summed E-state index contributed by atoms with van der Waals surface area (Å²) in [4.78, 5) is 3.49. The first-order valence-corrected chi connectivity index (χ1v) is 6.62. The molecule has 1 N–H and O–H groups in total. The Bertz CT molecular complexity index is 735. The zero-order valence-corrected chi connectivity index (χ0v) is 11.3. The zero-order chi connectivity index (χ0) is 14.1. The van der Waals surface area contributed by atoms with Crippen molar-refractivity contribution in [3.8, 4) is 11.3 Å². The molecule has 0 spiro atoms. The fourth-order valence-corrected chi connectivity index (χ4v) is 2.83. The molecule has 4 nitrogen and oxygen atoms in total. The molecule has 0 amide bonds. The quantitative estimate of drug-likeness (QED) is 0.476. The van der Waals surface area contributed by atoms with E-state index < -0.39 is 0 Å². The Balaban J connectivity index is 2.09. The molecule has 0 unspecified atom stereocenters. The number of hydrogen-bond donors (Lipinski definition) is 1. The van der Waals surface area contributed by atoms with Crippen molar-refractivity contribution >= 4 is 11.5 Å². The Morgan fingerprint density at radius 1 is 1.25 bits per heavy atom. The minimum atomic E-state index is 0.635. The predicted molar refractivity (Wildman–Crippen MR) is 78.4 cm³/mol. The van der Waals surface area contributed by atoms with Crippen LogP contribution in [-0.4, -0.2) is 15.5 Å². The van der Waals surface area contributed by atoms with Crippen LogP contribution < -0.4 is 0 Å². The van der Waals surface area contributed by atoms with Gasteiger partial charge < -0.3 is 10.1 Å². The smallest absolute Gasteiger partial charge is 0.230 e. The molecule has 0 aliphatic heterocycles. The lowest BCUT2D eigenvalue weighted by atomic mass is 9.88. The highest BCUT2D eigenvalue weighted by molar-refractivity contribution is 6.02. The summed E-state index contributed by atoms with van der Waals surface area (Å²) in [7, 11) is 1.91. The Morgan fingerprint density at radius 3 is 2.80 bits per heavy atom. The molecule has 20 heavy (non-hydrogen) atoms. The van der Waals surface area contributed by atoms with Crippen LogP contribution in [0.1, 0.15) is 24.0 Å². The molecule has 0 saturated heterocycles. The molecule has 0 radical (unpaired) electrons. The molecule has 0 saturated carbocycles. The summed E-state index contributed by atoms with van der Waals surface area (Å²) in [5.74, 6) is 0.635. The van der Waals surface area contributed by atoms with Gasteiger partial charge in [-0.15, -0.1) is 0 Å². The van der Waals surface area contributed by atoms with E-state index in [9.17, 15) is 0 Å². The van der Waals surface area contributed by atoms with Gasteiger partial charge in [-0.05, 0) is 43.0 Å². The van der Waals surface area contributed by atoms with Gasteiger partial charge in [0.1, 0.15) is 5.69 Å². The number of benzene rings is 1. The summed E-state index contributed by atoms with van der Waals surface area (Å²) < 4.78 is 1.90. The maximum atomic E-state index is 9.05. The standard InChI is InChI=1S/C16H15N3O/c1-17-16-9-8-15(19(16)2)12-6-7-13-11(10-12)4-3-5-14(13)18-20/h6-10,20H,3-5H2,2H3/b18-14+. The minimum absolute atomic E-state index is 0.635. The topological polar surface area (TPSA) is 41.9 Å². The molecule has 4 heteroatoms. The lowest BCUT2D eigenvalue weighted by molar-refractivity contribution is 0.317. The molecule has 3 rings (SSSR count). The molecule has 100 valence electrons. The summed E-state index contributed by atoms with van der Waals surface area (Å²) in [5, 5.41) is 12.5. The van der Waals surface area contributed by atoms with Crippen molar-refractivity contribution in [2.75, 3.05) is 0 Å². The third-order valence-corrected chi connectivity index (χ3v) is 3.90. The number of rotatable bonds is 1. The van der Waals surface area contributed by atoms with E-state index in [4.69, 9.17) is 11.8 Å². The highest BCUT2D eigenvalue weighted by Gasteiger charge is 2.18. The van der Waals surface area contributed by atoms with Crippen LogP contribution >= 0.6 is 0 Å². The molecule has 1 aliphatic carbocycles. The molecular weight excluding hydrogens is 250 g/mol. The molecular formula is C16H15N3O. The normalized spacial score (nSPS) is 15.9. The van der Waals surface area contributed by atoms with Gasteiger partial charge in [0, 0.05) is 11.1 Å². The van der Waals surface area contributed by atoms with Crippen molar-refractivity contribution in [3.63, 3.8) is 0 Å². The van der Waals surface area contributed by atoms with Crippen molar-refractivity contribution in [2.45, 2.75) is 19.3 Å². The van der Waals surface area contributed by atoms with Crippen LogP contribution in [0.25, 0.3) is 16.1 Å². The van der Waals surface area contributed by atoms with E-state index in [0.717, 1.165) is 41.8 Å². The van der Waals surface area contributed by atoms with Crippen molar-refractivity contribution in [1.82, 2.24) is 4.57 Å². The van der Waals surface area contributed by atoms with Crippen molar-refractivity contribution in [2.24, 2.45) is 12.2 Å². The van der Waals surface area contributed by atoms with Crippen LogP contribution in [0.3, 0.4) is 0 Å². The van der Waals surface area contributed by atoms with Gasteiger partial charge in [-0.1, -0.05) is 23.9 Å². The maximum absolute atomic E-state index is 9.05. The third kappa shape index (κ3) is 1.88. The first kappa shape index (κ1) is 12.5. The largest absolute Gasteiger partial charge is 0.411 e. The second kappa shape index (κ2) is 4.86. The summed E-state index contributed by atoms with van der Waals surface area (Å²) >= 11 is 0. The number of fused-ring (bicyclic) bond motifs is 1. The van der Waals surface area contributed by atoms with Crippen LogP contribution in [0.15, 0.2) is 35.5 Å². The third-order valence-electron chi connectivity index (χ3n) is 3.90. The highest BCUT2D eigenvalue weighted by Crippen LogP contribution is 2.30. The predicted octanol–water partition coefficient (Wildman–Crippen LogP) is 3.76. The van der Waals surface area contributed by atoms with Gasteiger partial charge in [0.05, 0.1) is 12.8 Å². The van der Waals surface area contributed by atoms with E-state index in [1.54, 1.807) is 0 Å². The van der Waals surface area contributed by atoms with Crippen LogP contribution in [0.5, 0.6) is 0 Å². The van der Waals surface area contributed by atoms with Gasteiger partial charge in [-0.2, -0.15) is 0 Å². The monoisotopic (exact) mass is 265 g/mol. The first-order chi connectivity index (χ1) is 9.74. The van der Waals surface area contributed by atoms with E-state index in [-0.39, 0.29) is 0 Å². The van der Waals surface area contributed by atoms with Gasteiger partial charge in [-0.3, -0.25) is 4.57 Å². The Labute approximate surface area is 117 Å². The van der Waals surface area contributed by atoms with Crippen LogP contribution in [-0.2, 0) is 13.5 Å². The number of oxime groups is 1. The summed E-state index contributed by atoms with van der Waals surface area (Å²) in [5.41, 5.74) is 5.16. The fraction of sp³-hybridized carbons (Fsp3) is 0.250. The van der Waals surface area contributed by atoms with Crippen molar-refractivity contribution in [1.29, 1.82) is 0 Å². The number of hydrogen-bond acceptors (Lipinski definition) is 2. The number of aromatic nitrogens is 1. The number of nitrogens with zero attached hydrogens (tertiary/aromatic N) is 3. The van der Waals surface area contributed by atoms with Gasteiger partial charge in [0.15, 0.2) is 0 Å². The summed E-state index contributed by atoms with van der Waals surface area (Å²) in [6.45, 7) is 7.12. The van der Waals surface area contributed by atoms with Crippen molar-refractivity contribution < 1.29 is 5.21 Å². The van der Waals surface area contributed by atoms with E-state index in [1.807, 2.05) is 35.9 Å². The minimum Gasteiger partial charge on any atom is -0.411 e. The van der Waals surface area contributed by atoms with Crippen LogP contribution in [0.2, 0.25) is 0 Å². The Hall–Kier alpha value is -2.54. The Morgan fingerprint density at radius 2 is 2.10 bits per heavy atom. The molecule has 1 heterocycles. The summed E-state index contributed by atoms with van der Waals surface area (Å²) in [6, 6.07) is 9.99. The van der Waals surface area contributed by atoms with E-state index in [2.05, 4.69) is 16.1 Å². The molecule has 1 aliphatic rings. The molecule has 1 aromatic carbocycles. The Kier molecular flexibility index (Phi) is 3.03. The highest BCUT2D eigenvalue weighted by atomic mass is 16.4. The molecule has 1 aromatic heterocycles. The van der Waals surface area contributed by atoms with Gasteiger partial charge in [0.2, 0.25) is 5.82 Å². The second-order valence-corrected chi connectivity index (χ2v) is 5.02. The maximum Gasteiger partial charge on any atom is 0.230 e. The lowest BCUT2D eigenvalue weighted by Crippen LogP contribution is -2.12. The lowest BCUT2D eigenvalue weighted by Gasteiger charge is -2.17. The van der Waals surface area contributed by atoms with Gasteiger partial charge in [0.25, 0.3) is 0 Å². The SMILES string of the molecule is [C-]#[N+]c1ccc(-c2ccc3c(c2)CCC/C3=N\O)n1C. The fourth-order valence-electron chi connectivity index (χ4n) is 2.83. The van der Waals surface area contributed by atoms with E-state index in [0.29, 0.717) is 5.82 Å². The van der Waals surface area contributed by atoms with Gasteiger partial charge in [-0.25, -0.2) is 0 Å². The van der Waals surface area contributed by atoms with Gasteiger partial charge >= 0.3 is 0 Å². The van der Waals surface area contributed by atoms with Crippen LogP contribution in [0.4, 0.5) is 5.82 Å². The van der Waals surface area contributed by atoms with E-state index >= 15 is 0 Å². The van der Waals surface area contributed by atoms with Crippen LogP contribution in [0, 0.1) is 6.57 Å².